The molecule has 1 aliphatic rings. The summed E-state index contributed by atoms with van der Waals surface area (Å²) in [6.07, 6.45) is 2.80. The summed E-state index contributed by atoms with van der Waals surface area (Å²) in [5.74, 6) is -0.267. The van der Waals surface area contributed by atoms with Gasteiger partial charge in [0.05, 0.1) is 0 Å². The van der Waals surface area contributed by atoms with Gasteiger partial charge in [0, 0.05) is 32.1 Å². The first kappa shape index (κ1) is 24.6. The molecule has 1 amide bonds. The number of aromatic nitrogens is 3. The zero-order valence-corrected chi connectivity index (χ0v) is 20.6. The molecule has 0 saturated carbocycles. The van der Waals surface area contributed by atoms with Crippen molar-refractivity contribution in [2.24, 2.45) is 11.8 Å². The zero-order valence-electron chi connectivity index (χ0n) is 20.6. The lowest BCUT2D eigenvalue weighted by Crippen LogP contribution is -2.47. The number of hydrogen-bond donors (Lipinski definition) is 2. The van der Waals surface area contributed by atoms with Crippen LogP contribution in [0.3, 0.4) is 0 Å². The van der Waals surface area contributed by atoms with Gasteiger partial charge >= 0.3 is 5.69 Å². The molecule has 0 aliphatic carbocycles. The van der Waals surface area contributed by atoms with Crippen LogP contribution in [0.1, 0.15) is 46.5 Å². The van der Waals surface area contributed by atoms with E-state index in [2.05, 4.69) is 9.97 Å². The Balaban J connectivity index is 1.56. The SMILES string of the molecule is CCCCn1c(N)c(N(CC(C)C)C(=O)C2CCN(c3nc4ccccc4o3)CC2)c(=O)[nH]c1=O. The third-order valence-corrected chi connectivity index (χ3v) is 6.43. The molecule has 1 aromatic carbocycles. The van der Waals surface area contributed by atoms with Crippen LogP contribution in [0.15, 0.2) is 38.3 Å². The summed E-state index contributed by atoms with van der Waals surface area (Å²) >= 11 is 0. The largest absolute Gasteiger partial charge is 0.423 e. The van der Waals surface area contributed by atoms with Crippen LogP contribution in [0.5, 0.6) is 0 Å². The van der Waals surface area contributed by atoms with E-state index in [1.54, 1.807) is 0 Å². The number of piperidine rings is 1. The first-order valence-corrected chi connectivity index (χ1v) is 12.3. The van der Waals surface area contributed by atoms with Crippen LogP contribution in [-0.2, 0) is 11.3 Å². The third-order valence-electron chi connectivity index (χ3n) is 6.43. The molecule has 10 nitrogen and oxygen atoms in total. The van der Waals surface area contributed by atoms with Crippen LogP contribution in [0, 0.1) is 11.8 Å². The Kier molecular flexibility index (Phi) is 7.28. The molecular weight excluding hydrogens is 448 g/mol. The van der Waals surface area contributed by atoms with E-state index in [9.17, 15) is 14.4 Å². The lowest BCUT2D eigenvalue weighted by atomic mass is 9.95. The number of amides is 1. The highest BCUT2D eigenvalue weighted by molar-refractivity contribution is 5.97. The van der Waals surface area contributed by atoms with Crippen molar-refractivity contribution in [2.75, 3.05) is 35.2 Å². The molecule has 3 N–H and O–H groups in total. The minimum atomic E-state index is -0.627. The Morgan fingerprint density at radius 1 is 1.26 bits per heavy atom. The van der Waals surface area contributed by atoms with Gasteiger partial charge in [-0.15, -0.1) is 0 Å². The Morgan fingerprint density at radius 3 is 2.63 bits per heavy atom. The lowest BCUT2D eigenvalue weighted by Gasteiger charge is -2.34. The average molecular weight is 483 g/mol. The molecule has 4 rings (SSSR count). The number of fused-ring (bicyclic) bond motifs is 1. The molecule has 3 heterocycles. The van der Waals surface area contributed by atoms with Gasteiger partial charge in [0.2, 0.25) is 5.91 Å². The number of oxazole rings is 1. The number of nitrogens with zero attached hydrogens (tertiary/aromatic N) is 4. The van der Waals surface area contributed by atoms with Crippen molar-refractivity contribution in [1.29, 1.82) is 0 Å². The van der Waals surface area contributed by atoms with E-state index < -0.39 is 11.2 Å². The Bertz CT molecular complexity index is 1270. The number of aromatic amines is 1. The van der Waals surface area contributed by atoms with E-state index >= 15 is 0 Å². The second-order valence-corrected chi connectivity index (χ2v) is 9.57. The molecule has 188 valence electrons. The third kappa shape index (κ3) is 5.11. The van der Waals surface area contributed by atoms with E-state index in [0.29, 0.717) is 45.0 Å². The number of H-pyrrole nitrogens is 1. The topological polar surface area (TPSA) is 130 Å². The summed E-state index contributed by atoms with van der Waals surface area (Å²) in [6.45, 7) is 7.92. The molecule has 1 aliphatic heterocycles. The number of anilines is 3. The second-order valence-electron chi connectivity index (χ2n) is 9.57. The van der Waals surface area contributed by atoms with Crippen LogP contribution >= 0.6 is 0 Å². The van der Waals surface area contributed by atoms with Crippen LogP contribution in [0.4, 0.5) is 17.5 Å². The predicted octanol–water partition coefficient (Wildman–Crippen LogP) is 2.97. The van der Waals surface area contributed by atoms with Crippen molar-refractivity contribution in [3.8, 4) is 0 Å². The van der Waals surface area contributed by atoms with Crippen molar-refractivity contribution < 1.29 is 9.21 Å². The molecule has 1 fully saturated rings. The highest BCUT2D eigenvalue weighted by atomic mass is 16.4. The van der Waals surface area contributed by atoms with Crippen LogP contribution < -0.4 is 26.8 Å². The number of para-hydroxylation sites is 2. The van der Waals surface area contributed by atoms with Gasteiger partial charge < -0.3 is 20.0 Å². The minimum absolute atomic E-state index is 0.0464. The smallest absolute Gasteiger partial charge is 0.330 e. The van der Waals surface area contributed by atoms with E-state index in [1.165, 1.54) is 9.47 Å². The van der Waals surface area contributed by atoms with Gasteiger partial charge in [0.25, 0.3) is 11.6 Å². The molecule has 0 bridgehead atoms. The summed E-state index contributed by atoms with van der Waals surface area (Å²) in [7, 11) is 0. The average Bonchev–Trinajstić information content (AvgIpc) is 3.27. The number of hydrogen-bond acceptors (Lipinski definition) is 7. The van der Waals surface area contributed by atoms with Crippen molar-refractivity contribution in [2.45, 2.75) is 53.0 Å². The summed E-state index contributed by atoms with van der Waals surface area (Å²) in [5.41, 5.74) is 6.76. The van der Waals surface area contributed by atoms with Crippen LogP contribution in [0.2, 0.25) is 0 Å². The van der Waals surface area contributed by atoms with E-state index in [0.717, 1.165) is 23.9 Å². The number of nitrogens with two attached hydrogens (primary N) is 1. The first-order valence-electron chi connectivity index (χ1n) is 12.3. The van der Waals surface area contributed by atoms with Gasteiger partial charge in [-0.25, -0.2) is 4.79 Å². The van der Waals surface area contributed by atoms with Crippen LogP contribution in [-0.4, -0.2) is 40.1 Å². The van der Waals surface area contributed by atoms with Crippen molar-refractivity contribution >= 4 is 34.5 Å². The fourth-order valence-electron chi connectivity index (χ4n) is 4.57. The standard InChI is InChI=1S/C25H34N6O4/c1-4-5-12-30-21(26)20(22(32)28-24(30)34)31(15-16(2)3)23(33)17-10-13-29(14-11-17)25-27-18-8-6-7-9-19(18)35-25/h6-9,16-17H,4-5,10-15,26H2,1-3H3,(H,28,32,34). The number of nitrogen functional groups attached to an aromatic ring is 1. The Morgan fingerprint density at radius 2 is 1.97 bits per heavy atom. The molecule has 2 aromatic heterocycles. The number of carbonyl (C=O) groups excluding carboxylic acids is 1. The summed E-state index contributed by atoms with van der Waals surface area (Å²) in [5, 5.41) is 0. The quantitative estimate of drug-likeness (QED) is 0.505. The molecule has 0 radical (unpaired) electrons. The normalized spacial score (nSPS) is 14.7. The Hall–Kier alpha value is -3.56. The van der Waals surface area contributed by atoms with Gasteiger partial charge in [0.1, 0.15) is 11.3 Å². The fraction of sp³-hybridized carbons (Fsp3) is 0.520. The second kappa shape index (κ2) is 10.4. The van der Waals surface area contributed by atoms with E-state index in [4.69, 9.17) is 10.2 Å². The maximum absolute atomic E-state index is 13.7. The minimum Gasteiger partial charge on any atom is -0.423 e. The van der Waals surface area contributed by atoms with Gasteiger partial charge in [0.15, 0.2) is 11.3 Å². The van der Waals surface area contributed by atoms with Gasteiger partial charge in [-0.2, -0.15) is 4.98 Å². The highest BCUT2D eigenvalue weighted by Gasteiger charge is 2.33. The number of benzene rings is 1. The van der Waals surface area contributed by atoms with E-state index in [1.807, 2.05) is 49.9 Å². The molecule has 0 spiro atoms. The molecule has 1 saturated heterocycles. The molecule has 0 unspecified atom stereocenters. The van der Waals surface area contributed by atoms with Crippen LogP contribution in [0.25, 0.3) is 11.1 Å². The number of nitrogens with one attached hydrogen (secondary N) is 1. The summed E-state index contributed by atoms with van der Waals surface area (Å²) < 4.78 is 7.24. The monoisotopic (exact) mass is 482 g/mol. The highest BCUT2D eigenvalue weighted by Crippen LogP contribution is 2.29. The fourth-order valence-corrected chi connectivity index (χ4v) is 4.57. The predicted molar refractivity (Wildman–Crippen MR) is 137 cm³/mol. The Labute approximate surface area is 203 Å². The van der Waals surface area contributed by atoms with Crippen molar-refractivity contribution in [3.63, 3.8) is 0 Å². The van der Waals surface area contributed by atoms with Gasteiger partial charge in [-0.1, -0.05) is 39.3 Å². The number of carbonyl (C=O) groups is 1. The molecule has 3 aromatic rings. The maximum atomic E-state index is 13.7. The first-order chi connectivity index (χ1) is 16.8. The van der Waals surface area contributed by atoms with Crippen molar-refractivity contribution in [3.05, 3.63) is 45.1 Å². The molecular formula is C25H34N6O4. The number of unbranched alkanes of at least 4 members (excludes halogenated alkanes) is 1. The molecule has 10 heteroatoms. The molecule has 35 heavy (non-hydrogen) atoms. The maximum Gasteiger partial charge on any atom is 0.330 e. The van der Waals surface area contributed by atoms with Crippen molar-refractivity contribution in [1.82, 2.24) is 14.5 Å². The van der Waals surface area contributed by atoms with Gasteiger partial charge in [-0.3, -0.25) is 19.1 Å². The van der Waals surface area contributed by atoms with E-state index in [-0.39, 0.29) is 29.2 Å². The van der Waals surface area contributed by atoms with Gasteiger partial charge in [-0.05, 0) is 37.3 Å². The zero-order chi connectivity index (χ0) is 25.1. The summed E-state index contributed by atoms with van der Waals surface area (Å²) in [6, 6.07) is 8.17. The number of rotatable bonds is 8. The lowest BCUT2D eigenvalue weighted by molar-refractivity contribution is -0.123. The molecule has 0 atom stereocenters. The summed E-state index contributed by atoms with van der Waals surface area (Å²) in [4.78, 5) is 49.4.